The van der Waals surface area contributed by atoms with E-state index in [1.165, 1.54) is 7.11 Å². The lowest BCUT2D eigenvalue weighted by Crippen LogP contribution is -2.06. The fourth-order valence-electron chi connectivity index (χ4n) is 2.22. The number of carbonyl (C=O) groups excluding carboxylic acids is 1. The summed E-state index contributed by atoms with van der Waals surface area (Å²) in [5, 5.41) is 7.54. The number of nitrogens with zero attached hydrogens (tertiary/aromatic N) is 2. The lowest BCUT2D eigenvalue weighted by Gasteiger charge is -2.05. The summed E-state index contributed by atoms with van der Waals surface area (Å²) in [5.41, 5.74) is 0.312. The molecule has 0 saturated carbocycles. The SMILES string of the molecule is COc1ccc(Cl)cc1-c1nc(SCC(=O)c2cc(F)ccc2F)n[nH]1. The molecule has 0 aliphatic heterocycles. The number of rotatable bonds is 6. The molecule has 0 fully saturated rings. The van der Waals surface area contributed by atoms with Crippen molar-refractivity contribution < 1.29 is 18.3 Å². The number of hydrogen-bond donors (Lipinski definition) is 1. The summed E-state index contributed by atoms with van der Waals surface area (Å²) in [6.45, 7) is 0. The van der Waals surface area contributed by atoms with Gasteiger partial charge in [-0.25, -0.2) is 13.8 Å². The first-order valence-electron chi connectivity index (χ1n) is 7.35. The minimum Gasteiger partial charge on any atom is -0.496 e. The predicted octanol–water partition coefficient (Wildman–Crippen LogP) is 4.39. The number of hydrogen-bond acceptors (Lipinski definition) is 5. The van der Waals surface area contributed by atoms with E-state index in [0.717, 1.165) is 30.0 Å². The van der Waals surface area contributed by atoms with Crippen LogP contribution in [0.5, 0.6) is 5.75 Å². The highest BCUT2D eigenvalue weighted by molar-refractivity contribution is 7.99. The van der Waals surface area contributed by atoms with Crippen molar-refractivity contribution in [1.82, 2.24) is 15.2 Å². The molecule has 0 aliphatic rings. The van der Waals surface area contributed by atoms with E-state index in [1.54, 1.807) is 18.2 Å². The quantitative estimate of drug-likeness (QED) is 0.495. The van der Waals surface area contributed by atoms with Gasteiger partial charge in [-0.15, -0.1) is 5.10 Å². The minimum atomic E-state index is -0.767. The van der Waals surface area contributed by atoms with E-state index in [0.29, 0.717) is 22.2 Å². The standard InChI is InChI=1S/C17H12ClF2N3O2S/c1-25-15-5-2-9(18)6-12(15)16-21-17(23-22-16)26-8-14(24)11-7-10(19)3-4-13(11)20/h2-7H,8H2,1H3,(H,21,22,23). The Labute approximate surface area is 156 Å². The molecule has 0 unspecified atom stereocenters. The van der Waals surface area contributed by atoms with Gasteiger partial charge in [0.25, 0.3) is 0 Å². The lowest BCUT2D eigenvalue weighted by atomic mass is 10.1. The second-order valence-electron chi connectivity index (χ2n) is 5.15. The first kappa shape index (κ1) is 18.3. The first-order valence-corrected chi connectivity index (χ1v) is 8.71. The van der Waals surface area contributed by atoms with E-state index in [4.69, 9.17) is 16.3 Å². The van der Waals surface area contributed by atoms with Crippen molar-refractivity contribution in [3.8, 4) is 17.1 Å². The number of H-pyrrole nitrogens is 1. The Morgan fingerprint density at radius 3 is 2.85 bits per heavy atom. The van der Waals surface area contributed by atoms with Gasteiger partial charge in [0.15, 0.2) is 11.6 Å². The number of ether oxygens (including phenoxy) is 1. The van der Waals surface area contributed by atoms with Crippen LogP contribution in [0.25, 0.3) is 11.4 Å². The fraction of sp³-hybridized carbons (Fsp3) is 0.118. The van der Waals surface area contributed by atoms with E-state index >= 15 is 0 Å². The predicted molar refractivity (Wildman–Crippen MR) is 94.8 cm³/mol. The van der Waals surface area contributed by atoms with Crippen molar-refractivity contribution in [3.05, 3.63) is 58.6 Å². The number of Topliss-reactive ketones (excluding diaryl/α,β-unsaturated/α-hetero) is 1. The maximum Gasteiger partial charge on any atom is 0.209 e. The molecule has 0 saturated heterocycles. The van der Waals surface area contributed by atoms with Crippen molar-refractivity contribution >= 4 is 29.1 Å². The van der Waals surface area contributed by atoms with Gasteiger partial charge >= 0.3 is 0 Å². The Morgan fingerprint density at radius 2 is 2.08 bits per heavy atom. The highest BCUT2D eigenvalue weighted by Gasteiger charge is 2.16. The van der Waals surface area contributed by atoms with Gasteiger partial charge in [-0.05, 0) is 36.4 Å². The number of aromatic amines is 1. The average molecular weight is 396 g/mol. The molecule has 0 bridgehead atoms. The highest BCUT2D eigenvalue weighted by atomic mass is 35.5. The van der Waals surface area contributed by atoms with E-state index in [2.05, 4.69) is 15.2 Å². The smallest absolute Gasteiger partial charge is 0.209 e. The third-order valence-electron chi connectivity index (χ3n) is 3.44. The molecule has 26 heavy (non-hydrogen) atoms. The number of methoxy groups -OCH3 is 1. The molecule has 1 aromatic heterocycles. The zero-order valence-electron chi connectivity index (χ0n) is 13.4. The number of benzene rings is 2. The van der Waals surface area contributed by atoms with Crippen molar-refractivity contribution in [3.63, 3.8) is 0 Å². The summed E-state index contributed by atoms with van der Waals surface area (Å²) in [5.74, 6) is -1.16. The fourth-order valence-corrected chi connectivity index (χ4v) is 3.07. The van der Waals surface area contributed by atoms with Crippen LogP contribution in [0, 0.1) is 11.6 Å². The Hall–Kier alpha value is -2.45. The molecule has 1 heterocycles. The Balaban J connectivity index is 1.74. The van der Waals surface area contributed by atoms with Gasteiger partial charge in [-0.2, -0.15) is 0 Å². The summed E-state index contributed by atoms with van der Waals surface area (Å²) in [4.78, 5) is 16.4. The zero-order chi connectivity index (χ0) is 18.7. The molecule has 5 nitrogen and oxygen atoms in total. The molecule has 0 spiro atoms. The van der Waals surface area contributed by atoms with E-state index in [9.17, 15) is 13.6 Å². The maximum atomic E-state index is 13.6. The van der Waals surface area contributed by atoms with E-state index in [1.807, 2.05) is 0 Å². The van der Waals surface area contributed by atoms with Crippen molar-refractivity contribution in [2.75, 3.05) is 12.9 Å². The second kappa shape index (κ2) is 7.84. The molecule has 0 radical (unpaired) electrons. The Bertz CT molecular complexity index is 965. The molecule has 3 rings (SSSR count). The molecule has 1 N–H and O–H groups in total. The monoisotopic (exact) mass is 395 g/mol. The van der Waals surface area contributed by atoms with Crippen LogP contribution in [0.4, 0.5) is 8.78 Å². The van der Waals surface area contributed by atoms with Crippen LogP contribution in [0.1, 0.15) is 10.4 Å². The zero-order valence-corrected chi connectivity index (χ0v) is 15.0. The first-order chi connectivity index (χ1) is 12.5. The van der Waals surface area contributed by atoms with Gasteiger partial charge in [-0.3, -0.25) is 9.89 Å². The normalized spacial score (nSPS) is 10.8. The third kappa shape index (κ3) is 4.03. The van der Waals surface area contributed by atoms with Crippen molar-refractivity contribution in [1.29, 1.82) is 0 Å². The summed E-state index contributed by atoms with van der Waals surface area (Å²) in [6.07, 6.45) is 0. The second-order valence-corrected chi connectivity index (χ2v) is 6.53. The minimum absolute atomic E-state index is 0.135. The Kier molecular flexibility index (Phi) is 5.53. The van der Waals surface area contributed by atoms with Gasteiger partial charge in [0.2, 0.25) is 5.16 Å². The molecule has 2 aromatic carbocycles. The van der Waals surface area contributed by atoms with Gasteiger partial charge in [0, 0.05) is 5.02 Å². The Morgan fingerprint density at radius 1 is 1.27 bits per heavy atom. The number of carbonyl (C=O) groups is 1. The number of nitrogens with one attached hydrogen (secondary N) is 1. The largest absolute Gasteiger partial charge is 0.496 e. The van der Waals surface area contributed by atoms with Crippen molar-refractivity contribution in [2.24, 2.45) is 0 Å². The van der Waals surface area contributed by atoms with Gasteiger partial charge in [0.1, 0.15) is 17.4 Å². The van der Waals surface area contributed by atoms with Gasteiger partial charge < -0.3 is 4.74 Å². The van der Waals surface area contributed by atoms with Gasteiger partial charge in [-0.1, -0.05) is 23.4 Å². The topological polar surface area (TPSA) is 67.9 Å². The number of aromatic nitrogens is 3. The lowest BCUT2D eigenvalue weighted by molar-refractivity contribution is 0.101. The molecule has 0 aliphatic carbocycles. The number of thioether (sulfide) groups is 1. The average Bonchev–Trinajstić information content (AvgIpc) is 3.10. The maximum absolute atomic E-state index is 13.6. The van der Waals surface area contributed by atoms with E-state index in [-0.39, 0.29) is 16.5 Å². The summed E-state index contributed by atoms with van der Waals surface area (Å²) < 4.78 is 32.1. The summed E-state index contributed by atoms with van der Waals surface area (Å²) in [7, 11) is 1.52. The summed E-state index contributed by atoms with van der Waals surface area (Å²) in [6, 6.07) is 7.80. The molecule has 9 heteroatoms. The van der Waals surface area contributed by atoms with Crippen LogP contribution >= 0.6 is 23.4 Å². The van der Waals surface area contributed by atoms with Crippen molar-refractivity contribution in [2.45, 2.75) is 5.16 Å². The van der Waals surface area contributed by atoms with Crippen LogP contribution in [0.3, 0.4) is 0 Å². The highest BCUT2D eigenvalue weighted by Crippen LogP contribution is 2.31. The van der Waals surface area contributed by atoms with Crippen LogP contribution in [0.2, 0.25) is 5.02 Å². The molecular weight excluding hydrogens is 384 g/mol. The molecule has 3 aromatic rings. The molecule has 134 valence electrons. The molecular formula is C17H12ClF2N3O2S. The van der Waals surface area contributed by atoms with Crippen LogP contribution in [-0.4, -0.2) is 33.8 Å². The van der Waals surface area contributed by atoms with Crippen LogP contribution < -0.4 is 4.74 Å². The van der Waals surface area contributed by atoms with Crippen LogP contribution in [-0.2, 0) is 0 Å². The van der Waals surface area contributed by atoms with Gasteiger partial charge in [0.05, 0.1) is 24.0 Å². The number of ketones is 1. The van der Waals surface area contributed by atoms with Crippen LogP contribution in [0.15, 0.2) is 41.6 Å². The van der Waals surface area contributed by atoms with E-state index < -0.39 is 17.4 Å². The molecule has 0 atom stereocenters. The number of halogens is 3. The summed E-state index contributed by atoms with van der Waals surface area (Å²) >= 11 is 7.00. The third-order valence-corrected chi connectivity index (χ3v) is 4.53. The molecule has 0 amide bonds.